The molecule has 5 nitrogen and oxygen atoms in total. The lowest BCUT2D eigenvalue weighted by Crippen LogP contribution is -2.23. The number of benzene rings is 1. The number of amides is 1. The number of halogens is 1. The molecule has 1 amide bonds. The van der Waals surface area contributed by atoms with Gasteiger partial charge < -0.3 is 20.5 Å². The fourth-order valence-electron chi connectivity index (χ4n) is 1.67. The Hall–Kier alpha value is -1.66. The largest absolute Gasteiger partial charge is 0.397 e. The number of nitrogens with one attached hydrogen (secondary N) is 1. The minimum Gasteiger partial charge on any atom is -0.397 e. The number of anilines is 2. The van der Waals surface area contributed by atoms with Crippen LogP contribution in [0.25, 0.3) is 0 Å². The highest BCUT2D eigenvalue weighted by molar-refractivity contribution is 5.94. The predicted octanol–water partition coefficient (Wildman–Crippen LogP) is 1.15. The van der Waals surface area contributed by atoms with Gasteiger partial charge in [0, 0.05) is 6.61 Å². The van der Waals surface area contributed by atoms with Crippen molar-refractivity contribution in [3.63, 3.8) is 0 Å². The highest BCUT2D eigenvalue weighted by Crippen LogP contribution is 2.19. The van der Waals surface area contributed by atoms with Crippen LogP contribution in [0, 0.1) is 5.82 Å². The Morgan fingerprint density at radius 1 is 1.61 bits per heavy atom. The molecule has 0 aromatic heterocycles. The normalized spacial score (nSPS) is 18.8. The molecule has 1 heterocycles. The SMILES string of the molecule is Nc1cc(F)ccc1NC(=O)COC1CCOC1. The van der Waals surface area contributed by atoms with Crippen LogP contribution >= 0.6 is 0 Å². The third kappa shape index (κ3) is 3.41. The van der Waals surface area contributed by atoms with Crippen LogP contribution in [0.5, 0.6) is 0 Å². The van der Waals surface area contributed by atoms with Crippen LogP contribution in [0.2, 0.25) is 0 Å². The van der Waals surface area contributed by atoms with Crippen molar-refractivity contribution < 1.29 is 18.7 Å². The summed E-state index contributed by atoms with van der Waals surface area (Å²) in [6.07, 6.45) is 0.771. The Morgan fingerprint density at radius 2 is 2.44 bits per heavy atom. The maximum absolute atomic E-state index is 12.8. The van der Waals surface area contributed by atoms with Crippen LogP contribution in [0.1, 0.15) is 6.42 Å². The van der Waals surface area contributed by atoms with Gasteiger partial charge in [0.25, 0.3) is 0 Å². The summed E-state index contributed by atoms with van der Waals surface area (Å²) in [7, 11) is 0. The van der Waals surface area contributed by atoms with Gasteiger partial charge in [0.1, 0.15) is 12.4 Å². The second-order valence-electron chi connectivity index (χ2n) is 4.08. The molecule has 6 heteroatoms. The molecule has 1 aromatic rings. The third-order valence-corrected chi connectivity index (χ3v) is 2.63. The Morgan fingerprint density at radius 3 is 3.11 bits per heavy atom. The zero-order chi connectivity index (χ0) is 13.0. The zero-order valence-corrected chi connectivity index (χ0v) is 9.82. The Bertz CT molecular complexity index is 433. The van der Waals surface area contributed by atoms with Crippen molar-refractivity contribution >= 4 is 17.3 Å². The summed E-state index contributed by atoms with van der Waals surface area (Å²) < 4.78 is 23.3. The molecule has 18 heavy (non-hydrogen) atoms. The van der Waals surface area contributed by atoms with Gasteiger partial charge in [-0.3, -0.25) is 4.79 Å². The topological polar surface area (TPSA) is 73.6 Å². The molecule has 0 spiro atoms. The van der Waals surface area contributed by atoms with E-state index in [0.29, 0.717) is 18.9 Å². The zero-order valence-electron chi connectivity index (χ0n) is 9.82. The molecule has 0 saturated carbocycles. The van der Waals surface area contributed by atoms with Crippen molar-refractivity contribution in [3.8, 4) is 0 Å². The molecule has 1 atom stereocenters. The first-order valence-corrected chi connectivity index (χ1v) is 5.69. The lowest BCUT2D eigenvalue weighted by atomic mass is 10.2. The maximum atomic E-state index is 12.8. The molecule has 0 bridgehead atoms. The fourth-order valence-corrected chi connectivity index (χ4v) is 1.67. The van der Waals surface area contributed by atoms with Crippen LogP contribution in [-0.4, -0.2) is 31.8 Å². The van der Waals surface area contributed by atoms with E-state index in [4.69, 9.17) is 15.2 Å². The van der Waals surface area contributed by atoms with Gasteiger partial charge in [-0.1, -0.05) is 0 Å². The van der Waals surface area contributed by atoms with Crippen LogP contribution in [0.15, 0.2) is 18.2 Å². The second kappa shape index (κ2) is 5.79. The van der Waals surface area contributed by atoms with Crippen molar-refractivity contribution in [2.24, 2.45) is 0 Å². The maximum Gasteiger partial charge on any atom is 0.250 e. The monoisotopic (exact) mass is 254 g/mol. The van der Waals surface area contributed by atoms with Crippen molar-refractivity contribution in [1.29, 1.82) is 0 Å². The van der Waals surface area contributed by atoms with Gasteiger partial charge >= 0.3 is 0 Å². The summed E-state index contributed by atoms with van der Waals surface area (Å²) >= 11 is 0. The molecule has 1 aliphatic heterocycles. The second-order valence-corrected chi connectivity index (χ2v) is 4.08. The van der Waals surface area contributed by atoms with Crippen molar-refractivity contribution in [2.45, 2.75) is 12.5 Å². The summed E-state index contributed by atoms with van der Waals surface area (Å²) in [5.41, 5.74) is 6.14. The predicted molar refractivity (Wildman–Crippen MR) is 64.6 cm³/mol. The number of rotatable bonds is 4. The van der Waals surface area contributed by atoms with E-state index >= 15 is 0 Å². The molecular formula is C12H15FN2O3. The molecule has 0 aliphatic carbocycles. The van der Waals surface area contributed by atoms with Gasteiger partial charge in [-0.15, -0.1) is 0 Å². The number of hydrogen-bond donors (Lipinski definition) is 2. The van der Waals surface area contributed by atoms with Gasteiger partial charge in [0.05, 0.1) is 24.1 Å². The van der Waals surface area contributed by atoms with Crippen molar-refractivity contribution in [3.05, 3.63) is 24.0 Å². The fraction of sp³-hybridized carbons (Fsp3) is 0.417. The Balaban J connectivity index is 1.82. The number of nitrogen functional groups attached to an aromatic ring is 1. The molecule has 1 fully saturated rings. The number of hydrogen-bond acceptors (Lipinski definition) is 4. The molecule has 98 valence electrons. The summed E-state index contributed by atoms with van der Waals surface area (Å²) in [5, 5.41) is 2.56. The molecule has 3 N–H and O–H groups in total. The average molecular weight is 254 g/mol. The van der Waals surface area contributed by atoms with E-state index in [1.54, 1.807) is 0 Å². The van der Waals surface area contributed by atoms with E-state index in [2.05, 4.69) is 5.32 Å². The van der Waals surface area contributed by atoms with Gasteiger partial charge in [-0.05, 0) is 24.6 Å². The third-order valence-electron chi connectivity index (χ3n) is 2.63. The smallest absolute Gasteiger partial charge is 0.250 e. The van der Waals surface area contributed by atoms with Gasteiger partial charge in [-0.25, -0.2) is 4.39 Å². The van der Waals surface area contributed by atoms with E-state index in [9.17, 15) is 9.18 Å². The van der Waals surface area contributed by atoms with Crippen molar-refractivity contribution in [1.82, 2.24) is 0 Å². The van der Waals surface area contributed by atoms with Gasteiger partial charge in [-0.2, -0.15) is 0 Å². The molecule has 1 aromatic carbocycles. The average Bonchev–Trinajstić information content (AvgIpc) is 2.83. The Labute approximate surface area is 104 Å². The van der Waals surface area contributed by atoms with Crippen LogP contribution in [-0.2, 0) is 14.3 Å². The highest BCUT2D eigenvalue weighted by atomic mass is 19.1. The first-order valence-electron chi connectivity index (χ1n) is 5.69. The summed E-state index contributed by atoms with van der Waals surface area (Å²) in [5.74, 6) is -0.759. The summed E-state index contributed by atoms with van der Waals surface area (Å²) in [4.78, 5) is 11.6. The first kappa shape index (κ1) is 12.8. The van der Waals surface area contributed by atoms with E-state index in [0.717, 1.165) is 12.5 Å². The summed E-state index contributed by atoms with van der Waals surface area (Å²) in [6.45, 7) is 1.12. The van der Waals surface area contributed by atoms with E-state index < -0.39 is 5.82 Å². The molecule has 0 radical (unpaired) electrons. The van der Waals surface area contributed by atoms with E-state index in [-0.39, 0.29) is 24.3 Å². The van der Waals surface area contributed by atoms with Gasteiger partial charge in [0.15, 0.2) is 0 Å². The van der Waals surface area contributed by atoms with Crippen LogP contribution in [0.4, 0.5) is 15.8 Å². The molecular weight excluding hydrogens is 239 g/mol. The number of carbonyl (C=O) groups is 1. The van der Waals surface area contributed by atoms with E-state index in [1.807, 2.05) is 0 Å². The Kier molecular flexibility index (Phi) is 4.11. The standard InChI is InChI=1S/C12H15FN2O3/c13-8-1-2-11(10(14)5-8)15-12(16)7-18-9-3-4-17-6-9/h1-2,5,9H,3-4,6-7,14H2,(H,15,16). The van der Waals surface area contributed by atoms with Gasteiger partial charge in [0.2, 0.25) is 5.91 Å². The number of nitrogens with two attached hydrogens (primary N) is 1. The minimum absolute atomic E-state index is 0.0266. The first-order chi connectivity index (χ1) is 8.65. The lowest BCUT2D eigenvalue weighted by Gasteiger charge is -2.11. The summed E-state index contributed by atoms with van der Waals surface area (Å²) in [6, 6.07) is 3.81. The number of carbonyl (C=O) groups excluding carboxylic acids is 1. The molecule has 1 aliphatic rings. The molecule has 2 rings (SSSR count). The van der Waals surface area contributed by atoms with Crippen LogP contribution in [0.3, 0.4) is 0 Å². The van der Waals surface area contributed by atoms with Crippen LogP contribution < -0.4 is 11.1 Å². The molecule has 1 unspecified atom stereocenters. The van der Waals surface area contributed by atoms with Crippen molar-refractivity contribution in [2.75, 3.05) is 30.9 Å². The lowest BCUT2D eigenvalue weighted by molar-refractivity contribution is -0.122. The molecule has 1 saturated heterocycles. The minimum atomic E-state index is -0.440. The number of ether oxygens (including phenoxy) is 2. The highest BCUT2D eigenvalue weighted by Gasteiger charge is 2.17. The van der Waals surface area contributed by atoms with E-state index in [1.165, 1.54) is 12.1 Å². The quantitative estimate of drug-likeness (QED) is 0.790.